The summed E-state index contributed by atoms with van der Waals surface area (Å²) in [6.45, 7) is 6.03. The highest BCUT2D eigenvalue weighted by Gasteiger charge is 2.34. The highest BCUT2D eigenvalue weighted by molar-refractivity contribution is 7.99. The van der Waals surface area contributed by atoms with E-state index in [-0.39, 0.29) is 12.4 Å². The maximum atomic E-state index is 13.0. The third-order valence-corrected chi connectivity index (χ3v) is 6.55. The number of hydrogen-bond acceptors (Lipinski definition) is 6. The van der Waals surface area contributed by atoms with Gasteiger partial charge in [-0.3, -0.25) is 4.57 Å². The van der Waals surface area contributed by atoms with Crippen LogP contribution in [0.4, 0.5) is 4.79 Å². The smallest absolute Gasteiger partial charge is 0.338 e. The fourth-order valence-electron chi connectivity index (χ4n) is 3.79. The molecular weight excluding hydrogens is 474 g/mol. The van der Waals surface area contributed by atoms with Crippen molar-refractivity contribution in [2.75, 3.05) is 12.4 Å². The van der Waals surface area contributed by atoms with E-state index in [0.29, 0.717) is 21.4 Å². The molecule has 0 bridgehead atoms. The van der Waals surface area contributed by atoms with Crippen LogP contribution in [0.1, 0.15) is 29.7 Å². The molecule has 176 valence electrons. The molecule has 1 aromatic heterocycles. The molecule has 0 radical (unpaired) electrons. The molecule has 8 nitrogen and oxygen atoms in total. The Hall–Kier alpha value is -3.30. The van der Waals surface area contributed by atoms with Crippen LogP contribution in [-0.4, -0.2) is 39.1 Å². The number of benzene rings is 2. The van der Waals surface area contributed by atoms with Crippen molar-refractivity contribution in [3.05, 3.63) is 81.8 Å². The predicted molar refractivity (Wildman–Crippen MR) is 131 cm³/mol. The van der Waals surface area contributed by atoms with Crippen molar-refractivity contribution in [2.45, 2.75) is 32.0 Å². The fourth-order valence-corrected chi connectivity index (χ4v) is 4.80. The zero-order valence-electron chi connectivity index (χ0n) is 19.0. The first kappa shape index (κ1) is 23.8. The zero-order chi connectivity index (χ0) is 24.2. The van der Waals surface area contributed by atoms with E-state index in [1.54, 1.807) is 37.5 Å². The van der Waals surface area contributed by atoms with Crippen LogP contribution < -0.4 is 10.6 Å². The van der Waals surface area contributed by atoms with Gasteiger partial charge in [0.1, 0.15) is 6.33 Å². The Morgan fingerprint density at radius 2 is 1.97 bits per heavy atom. The fraction of sp³-hybridized carbons (Fsp3) is 0.250. The second kappa shape index (κ2) is 10.3. The maximum absolute atomic E-state index is 13.0. The number of aromatic nitrogens is 3. The van der Waals surface area contributed by atoms with Crippen molar-refractivity contribution >= 4 is 35.4 Å². The number of nitrogens with one attached hydrogen (secondary N) is 2. The molecule has 2 heterocycles. The van der Waals surface area contributed by atoms with Gasteiger partial charge in [0.05, 0.1) is 23.9 Å². The topological polar surface area (TPSA) is 98.1 Å². The van der Waals surface area contributed by atoms with Crippen LogP contribution in [0.2, 0.25) is 5.02 Å². The molecule has 2 aromatic carbocycles. The van der Waals surface area contributed by atoms with Gasteiger partial charge in [0.15, 0.2) is 5.16 Å². The molecule has 0 saturated carbocycles. The first-order valence-electron chi connectivity index (χ1n) is 10.7. The summed E-state index contributed by atoms with van der Waals surface area (Å²) in [5, 5.41) is 15.1. The van der Waals surface area contributed by atoms with Gasteiger partial charge < -0.3 is 15.4 Å². The molecule has 1 unspecified atom stereocenters. The van der Waals surface area contributed by atoms with Gasteiger partial charge in [0.25, 0.3) is 0 Å². The van der Waals surface area contributed by atoms with E-state index in [1.807, 2.05) is 30.5 Å². The van der Waals surface area contributed by atoms with Crippen LogP contribution in [0.5, 0.6) is 0 Å². The van der Waals surface area contributed by atoms with Crippen LogP contribution in [0.3, 0.4) is 0 Å². The van der Waals surface area contributed by atoms with Crippen LogP contribution in [-0.2, 0) is 9.53 Å². The monoisotopic (exact) mass is 497 g/mol. The maximum Gasteiger partial charge on any atom is 0.338 e. The van der Waals surface area contributed by atoms with Gasteiger partial charge in [0, 0.05) is 16.5 Å². The van der Waals surface area contributed by atoms with Gasteiger partial charge in [0.2, 0.25) is 0 Å². The van der Waals surface area contributed by atoms with E-state index < -0.39 is 18.0 Å². The lowest BCUT2D eigenvalue weighted by Crippen LogP contribution is -2.46. The van der Waals surface area contributed by atoms with Crippen molar-refractivity contribution in [2.24, 2.45) is 0 Å². The largest absolute Gasteiger partial charge is 0.463 e. The van der Waals surface area contributed by atoms with Crippen molar-refractivity contribution in [1.82, 2.24) is 25.4 Å². The molecule has 2 amide bonds. The lowest BCUT2D eigenvalue weighted by Gasteiger charge is -2.29. The zero-order valence-corrected chi connectivity index (χ0v) is 20.5. The number of carbonyl (C=O) groups is 2. The summed E-state index contributed by atoms with van der Waals surface area (Å²) in [6, 6.07) is 12.1. The van der Waals surface area contributed by atoms with Gasteiger partial charge in [-0.15, -0.1) is 10.2 Å². The summed E-state index contributed by atoms with van der Waals surface area (Å²) in [5.74, 6) is -0.212. The molecule has 0 spiro atoms. The molecule has 2 N–H and O–H groups in total. The Labute approximate surface area is 206 Å². The molecule has 10 heteroatoms. The van der Waals surface area contributed by atoms with Crippen molar-refractivity contribution in [3.8, 4) is 5.69 Å². The van der Waals surface area contributed by atoms with E-state index >= 15 is 0 Å². The molecule has 0 aliphatic carbocycles. The third-order valence-electron chi connectivity index (χ3n) is 5.33. The Balaban J connectivity index is 1.68. The number of carbonyl (C=O) groups excluding carboxylic acids is 2. The SMILES string of the molecule is CCOC(=O)C1=C(CSc2nncn2-c2ccc(C)cc2C)NC(=O)NC1c1ccc(Cl)cc1. The Kier molecular flexibility index (Phi) is 7.23. The lowest BCUT2D eigenvalue weighted by atomic mass is 9.95. The number of amides is 2. The number of urea groups is 1. The number of ether oxygens (including phenoxy) is 1. The highest BCUT2D eigenvalue weighted by atomic mass is 35.5. The Morgan fingerprint density at radius 1 is 1.21 bits per heavy atom. The third kappa shape index (κ3) is 5.10. The predicted octanol–water partition coefficient (Wildman–Crippen LogP) is 4.50. The quantitative estimate of drug-likeness (QED) is 0.368. The molecule has 0 fully saturated rings. The van der Waals surface area contributed by atoms with Gasteiger partial charge in [-0.1, -0.05) is 53.2 Å². The van der Waals surface area contributed by atoms with Crippen LogP contribution in [0.15, 0.2) is 65.2 Å². The molecule has 0 saturated heterocycles. The number of nitrogens with zero attached hydrogens (tertiary/aromatic N) is 3. The Bertz CT molecular complexity index is 1260. The van der Waals surface area contributed by atoms with Crippen LogP contribution in [0.25, 0.3) is 5.69 Å². The molecular formula is C24H24ClN5O3S. The average Bonchev–Trinajstić information content (AvgIpc) is 3.26. The molecule has 3 aromatic rings. The summed E-state index contributed by atoms with van der Waals surface area (Å²) in [6.07, 6.45) is 1.65. The highest BCUT2D eigenvalue weighted by Crippen LogP contribution is 2.31. The summed E-state index contributed by atoms with van der Waals surface area (Å²) < 4.78 is 7.22. The first-order valence-corrected chi connectivity index (χ1v) is 12.1. The number of halogens is 1. The van der Waals surface area contributed by atoms with Gasteiger partial charge >= 0.3 is 12.0 Å². The molecule has 4 rings (SSSR count). The van der Waals surface area contributed by atoms with Crippen molar-refractivity contribution < 1.29 is 14.3 Å². The van der Waals surface area contributed by atoms with E-state index in [0.717, 1.165) is 16.8 Å². The minimum absolute atomic E-state index is 0.213. The first-order chi connectivity index (χ1) is 16.4. The summed E-state index contributed by atoms with van der Waals surface area (Å²) >= 11 is 7.40. The molecule has 34 heavy (non-hydrogen) atoms. The molecule has 1 atom stereocenters. The minimum atomic E-state index is -0.669. The van der Waals surface area contributed by atoms with Gasteiger partial charge in [-0.2, -0.15) is 0 Å². The number of hydrogen-bond donors (Lipinski definition) is 2. The molecule has 1 aliphatic rings. The van der Waals surface area contributed by atoms with Crippen LogP contribution in [0, 0.1) is 13.8 Å². The average molecular weight is 498 g/mol. The Morgan fingerprint density at radius 3 is 2.68 bits per heavy atom. The second-order valence-corrected chi connectivity index (χ2v) is 9.14. The van der Waals surface area contributed by atoms with Gasteiger partial charge in [-0.25, -0.2) is 9.59 Å². The normalized spacial score (nSPS) is 15.6. The number of rotatable bonds is 7. The number of aryl methyl sites for hydroxylation is 2. The van der Waals surface area contributed by atoms with Gasteiger partial charge in [-0.05, 0) is 50.1 Å². The van der Waals surface area contributed by atoms with E-state index in [1.165, 1.54) is 17.3 Å². The number of esters is 1. The summed E-state index contributed by atoms with van der Waals surface area (Å²) in [4.78, 5) is 25.5. The van der Waals surface area contributed by atoms with Crippen LogP contribution >= 0.6 is 23.4 Å². The van der Waals surface area contributed by atoms with Crippen molar-refractivity contribution in [3.63, 3.8) is 0 Å². The minimum Gasteiger partial charge on any atom is -0.463 e. The van der Waals surface area contributed by atoms with E-state index in [2.05, 4.69) is 26.9 Å². The van der Waals surface area contributed by atoms with E-state index in [9.17, 15) is 9.59 Å². The molecule has 1 aliphatic heterocycles. The summed E-state index contributed by atoms with van der Waals surface area (Å²) in [7, 11) is 0. The van der Waals surface area contributed by atoms with Crippen molar-refractivity contribution in [1.29, 1.82) is 0 Å². The lowest BCUT2D eigenvalue weighted by molar-refractivity contribution is -0.139. The summed E-state index contributed by atoms with van der Waals surface area (Å²) in [5.41, 5.74) is 4.75. The standard InChI is InChI=1S/C24H24ClN5O3S/c1-4-33-22(31)20-18(27-23(32)28-21(20)16-6-8-17(25)9-7-16)12-34-24-29-26-13-30(24)19-10-5-14(2)11-15(19)3/h5-11,13,21H,4,12H2,1-3H3,(H2,27,28,32). The van der Waals surface area contributed by atoms with E-state index in [4.69, 9.17) is 16.3 Å². The number of thioether (sulfide) groups is 1. The second-order valence-electron chi connectivity index (χ2n) is 7.76.